The van der Waals surface area contributed by atoms with E-state index in [2.05, 4.69) is 27.5 Å². The average Bonchev–Trinajstić information content (AvgIpc) is 3.29. The molecule has 0 bridgehead atoms. The van der Waals surface area contributed by atoms with Gasteiger partial charge in [0.05, 0.1) is 0 Å². The number of nitrogens with zero attached hydrogens (tertiary/aromatic N) is 1. The molecule has 4 rings (SSSR count). The number of nitrogens with one attached hydrogen (secondary N) is 2. The zero-order valence-electron chi connectivity index (χ0n) is 10.5. The van der Waals surface area contributed by atoms with Gasteiger partial charge in [-0.2, -0.15) is 0 Å². The first-order valence-electron chi connectivity index (χ1n) is 7.06. The minimum atomic E-state index is 0.770. The number of aromatic nitrogens is 2. The summed E-state index contributed by atoms with van der Waals surface area (Å²) in [6.07, 6.45) is 9.68. The number of H-pyrrole nitrogens is 1. The summed E-state index contributed by atoms with van der Waals surface area (Å²) in [5.74, 6) is 1.92. The van der Waals surface area contributed by atoms with Gasteiger partial charge in [-0.15, -0.1) is 0 Å². The molecule has 2 aliphatic rings. The lowest BCUT2D eigenvalue weighted by molar-refractivity contribution is 0.416. The molecule has 2 fully saturated rings. The van der Waals surface area contributed by atoms with Gasteiger partial charge in [-0.3, -0.25) is 0 Å². The fraction of sp³-hybridized carbons (Fsp3) is 0.533. The highest BCUT2D eigenvalue weighted by molar-refractivity contribution is 5.79. The summed E-state index contributed by atoms with van der Waals surface area (Å²) in [7, 11) is 0. The molecule has 0 radical (unpaired) electrons. The largest absolute Gasteiger partial charge is 0.346 e. The Morgan fingerprint density at radius 1 is 1.28 bits per heavy atom. The van der Waals surface area contributed by atoms with Crippen molar-refractivity contribution >= 4 is 11.0 Å². The molecule has 2 aliphatic carbocycles. The normalized spacial score (nSPS) is 19.8. The van der Waals surface area contributed by atoms with Gasteiger partial charge in [-0.25, -0.2) is 4.98 Å². The standard InChI is InChI=1S/C15H19N3/c1-2-13-12(9-18-15(13)16-7-1)8-17-14(10-3-4-10)11-5-6-11/h1-2,7,9-11,14,17H,3-6,8H2,(H,16,18). The van der Waals surface area contributed by atoms with Gasteiger partial charge in [0.1, 0.15) is 5.65 Å². The highest BCUT2D eigenvalue weighted by Crippen LogP contribution is 2.44. The number of rotatable bonds is 5. The molecular formula is C15H19N3. The molecule has 0 amide bonds. The van der Waals surface area contributed by atoms with Crippen molar-refractivity contribution in [1.29, 1.82) is 0 Å². The molecule has 0 spiro atoms. The Hall–Kier alpha value is -1.35. The maximum Gasteiger partial charge on any atom is 0.137 e. The van der Waals surface area contributed by atoms with Crippen molar-refractivity contribution in [1.82, 2.24) is 15.3 Å². The Morgan fingerprint density at radius 2 is 2.06 bits per heavy atom. The van der Waals surface area contributed by atoms with Crippen molar-refractivity contribution in [3.63, 3.8) is 0 Å². The van der Waals surface area contributed by atoms with E-state index in [-0.39, 0.29) is 0 Å². The first kappa shape index (κ1) is 10.6. The van der Waals surface area contributed by atoms with E-state index in [4.69, 9.17) is 0 Å². The zero-order valence-corrected chi connectivity index (χ0v) is 10.5. The molecule has 2 aromatic rings. The van der Waals surface area contributed by atoms with Crippen LogP contribution in [0.15, 0.2) is 24.5 Å². The summed E-state index contributed by atoms with van der Waals surface area (Å²) in [5.41, 5.74) is 2.35. The molecule has 0 unspecified atom stereocenters. The SMILES string of the molecule is c1cnc2[nH]cc(CNC(C3CC3)C3CC3)c2c1. The molecule has 18 heavy (non-hydrogen) atoms. The topological polar surface area (TPSA) is 40.7 Å². The van der Waals surface area contributed by atoms with E-state index in [1.165, 1.54) is 36.6 Å². The second-order valence-corrected chi connectivity index (χ2v) is 5.80. The van der Waals surface area contributed by atoms with Gasteiger partial charge in [-0.1, -0.05) is 0 Å². The van der Waals surface area contributed by atoms with Gasteiger partial charge in [-0.05, 0) is 55.2 Å². The van der Waals surface area contributed by atoms with Crippen LogP contribution in [0, 0.1) is 11.8 Å². The quantitative estimate of drug-likeness (QED) is 0.845. The van der Waals surface area contributed by atoms with Gasteiger partial charge >= 0.3 is 0 Å². The maximum absolute atomic E-state index is 4.34. The third-order valence-electron chi connectivity index (χ3n) is 4.32. The Labute approximate surface area is 107 Å². The van der Waals surface area contributed by atoms with Gasteiger partial charge in [0.2, 0.25) is 0 Å². The predicted molar refractivity (Wildman–Crippen MR) is 72.2 cm³/mol. The van der Waals surface area contributed by atoms with Crippen molar-refractivity contribution in [2.75, 3.05) is 0 Å². The van der Waals surface area contributed by atoms with Crippen LogP contribution in [-0.2, 0) is 6.54 Å². The third kappa shape index (κ3) is 1.93. The van der Waals surface area contributed by atoms with Crippen LogP contribution in [0.25, 0.3) is 11.0 Å². The molecule has 0 saturated heterocycles. The van der Waals surface area contributed by atoms with E-state index in [9.17, 15) is 0 Å². The summed E-state index contributed by atoms with van der Waals surface area (Å²) in [4.78, 5) is 7.59. The number of pyridine rings is 1. The van der Waals surface area contributed by atoms with E-state index in [0.29, 0.717) is 0 Å². The number of fused-ring (bicyclic) bond motifs is 1. The molecule has 3 heteroatoms. The van der Waals surface area contributed by atoms with Crippen LogP contribution in [-0.4, -0.2) is 16.0 Å². The van der Waals surface area contributed by atoms with Crippen molar-refractivity contribution in [2.45, 2.75) is 38.3 Å². The van der Waals surface area contributed by atoms with Crippen LogP contribution < -0.4 is 5.32 Å². The second kappa shape index (κ2) is 4.09. The van der Waals surface area contributed by atoms with Gasteiger partial charge in [0, 0.05) is 30.4 Å². The molecule has 2 aromatic heterocycles. The first-order valence-corrected chi connectivity index (χ1v) is 7.06. The smallest absolute Gasteiger partial charge is 0.137 e. The van der Waals surface area contributed by atoms with Crippen LogP contribution in [0.5, 0.6) is 0 Å². The Morgan fingerprint density at radius 3 is 2.78 bits per heavy atom. The zero-order chi connectivity index (χ0) is 11.9. The minimum Gasteiger partial charge on any atom is -0.346 e. The van der Waals surface area contributed by atoms with Crippen LogP contribution in [0.4, 0.5) is 0 Å². The van der Waals surface area contributed by atoms with E-state index in [0.717, 1.165) is 30.1 Å². The number of hydrogen-bond donors (Lipinski definition) is 2. The van der Waals surface area contributed by atoms with Crippen molar-refractivity contribution in [3.05, 3.63) is 30.1 Å². The fourth-order valence-electron chi connectivity index (χ4n) is 3.02. The van der Waals surface area contributed by atoms with Crippen molar-refractivity contribution < 1.29 is 0 Å². The number of aromatic amines is 1. The van der Waals surface area contributed by atoms with Crippen LogP contribution in [0.2, 0.25) is 0 Å². The molecule has 2 saturated carbocycles. The maximum atomic E-state index is 4.34. The van der Waals surface area contributed by atoms with E-state index in [1.54, 1.807) is 0 Å². The van der Waals surface area contributed by atoms with Crippen LogP contribution in [0.1, 0.15) is 31.2 Å². The second-order valence-electron chi connectivity index (χ2n) is 5.80. The first-order chi connectivity index (χ1) is 8.92. The fourth-order valence-corrected chi connectivity index (χ4v) is 3.02. The third-order valence-corrected chi connectivity index (χ3v) is 4.32. The monoisotopic (exact) mass is 241 g/mol. The lowest BCUT2D eigenvalue weighted by Gasteiger charge is -2.17. The molecule has 0 atom stereocenters. The summed E-state index contributed by atoms with van der Waals surface area (Å²) >= 11 is 0. The Bertz CT molecular complexity index is 540. The summed E-state index contributed by atoms with van der Waals surface area (Å²) in [6, 6.07) is 4.93. The van der Waals surface area contributed by atoms with Gasteiger partial charge in [0.25, 0.3) is 0 Å². The average molecular weight is 241 g/mol. The molecule has 2 heterocycles. The highest BCUT2D eigenvalue weighted by atomic mass is 15.0. The molecular weight excluding hydrogens is 222 g/mol. The van der Waals surface area contributed by atoms with E-state index < -0.39 is 0 Å². The minimum absolute atomic E-state index is 0.770. The Kier molecular flexibility index (Phi) is 2.40. The van der Waals surface area contributed by atoms with E-state index in [1.807, 2.05) is 12.3 Å². The van der Waals surface area contributed by atoms with Crippen molar-refractivity contribution in [3.8, 4) is 0 Å². The predicted octanol–water partition coefficient (Wildman–Crippen LogP) is 2.84. The van der Waals surface area contributed by atoms with Crippen molar-refractivity contribution in [2.24, 2.45) is 11.8 Å². The molecule has 0 aliphatic heterocycles. The molecule has 2 N–H and O–H groups in total. The molecule has 94 valence electrons. The highest BCUT2D eigenvalue weighted by Gasteiger charge is 2.40. The van der Waals surface area contributed by atoms with Crippen LogP contribution >= 0.6 is 0 Å². The summed E-state index contributed by atoms with van der Waals surface area (Å²) in [6.45, 7) is 0.976. The van der Waals surface area contributed by atoms with Gasteiger partial charge < -0.3 is 10.3 Å². The molecule has 3 nitrogen and oxygen atoms in total. The lowest BCUT2D eigenvalue weighted by Crippen LogP contribution is -2.32. The Balaban J connectivity index is 1.50. The van der Waals surface area contributed by atoms with Crippen LogP contribution in [0.3, 0.4) is 0 Å². The number of hydrogen-bond acceptors (Lipinski definition) is 2. The van der Waals surface area contributed by atoms with Gasteiger partial charge in [0.15, 0.2) is 0 Å². The molecule has 0 aromatic carbocycles. The summed E-state index contributed by atoms with van der Waals surface area (Å²) < 4.78 is 0. The van der Waals surface area contributed by atoms with E-state index >= 15 is 0 Å². The lowest BCUT2D eigenvalue weighted by atomic mass is 10.1. The summed E-state index contributed by atoms with van der Waals surface area (Å²) in [5, 5.41) is 5.05.